The fraction of sp³-hybridized carbons (Fsp3) is 0.615. The van der Waals surface area contributed by atoms with E-state index in [0.717, 1.165) is 30.6 Å². The number of aliphatic hydroxyl groups is 1. The Kier molecular flexibility index (Phi) is 5.74. The number of aliphatic hydroxyl groups excluding tert-OH is 1. The molecule has 1 atom stereocenters. The molecule has 2 rings (SSSR count). The Morgan fingerprint density at radius 1 is 1.48 bits per heavy atom. The molecule has 0 bridgehead atoms. The minimum absolute atomic E-state index is 0.0351. The average Bonchev–Trinajstić information content (AvgIpc) is 3.02. The van der Waals surface area contributed by atoms with Gasteiger partial charge in [-0.15, -0.1) is 11.3 Å². The van der Waals surface area contributed by atoms with Crippen LogP contribution in [0.3, 0.4) is 0 Å². The van der Waals surface area contributed by atoms with Gasteiger partial charge in [0.15, 0.2) is 0 Å². The van der Waals surface area contributed by atoms with Crippen molar-refractivity contribution in [3.8, 4) is 0 Å². The van der Waals surface area contributed by atoms with E-state index in [1.807, 2.05) is 0 Å². The fourth-order valence-corrected chi connectivity index (χ4v) is 4.51. The minimum atomic E-state index is -3.51. The molecule has 1 unspecified atom stereocenters. The molecule has 0 spiro atoms. The molecule has 118 valence electrons. The normalized spacial score (nSPS) is 19.7. The van der Waals surface area contributed by atoms with Crippen LogP contribution in [0.15, 0.2) is 21.7 Å². The number of amides is 1. The van der Waals surface area contributed by atoms with Crippen molar-refractivity contribution in [2.75, 3.05) is 19.7 Å². The molecule has 1 saturated heterocycles. The van der Waals surface area contributed by atoms with Gasteiger partial charge < -0.3 is 10.0 Å². The van der Waals surface area contributed by atoms with Gasteiger partial charge in [0, 0.05) is 19.5 Å². The molecule has 1 aromatic rings. The lowest BCUT2D eigenvalue weighted by molar-refractivity contribution is -0.135. The molecule has 0 aliphatic carbocycles. The summed E-state index contributed by atoms with van der Waals surface area (Å²) < 4.78 is 26.5. The molecule has 2 heterocycles. The number of likely N-dealkylation sites (tertiary alicyclic amines) is 1. The summed E-state index contributed by atoms with van der Waals surface area (Å²) in [6, 6.07) is 3.07. The minimum Gasteiger partial charge on any atom is -0.394 e. The summed E-state index contributed by atoms with van der Waals surface area (Å²) in [6.07, 6.45) is 2.87. The summed E-state index contributed by atoms with van der Waals surface area (Å²) in [5.74, 6) is -0.109. The van der Waals surface area contributed by atoms with E-state index in [2.05, 4.69) is 4.72 Å². The first-order valence-electron chi connectivity index (χ1n) is 6.98. The molecular formula is C13H20N2O4S2. The molecular weight excluding hydrogens is 312 g/mol. The third-order valence-corrected chi connectivity index (χ3v) is 6.41. The predicted octanol–water partition coefficient (Wildman–Crippen LogP) is 0.790. The summed E-state index contributed by atoms with van der Waals surface area (Å²) in [4.78, 5) is 13.8. The van der Waals surface area contributed by atoms with Crippen LogP contribution < -0.4 is 4.72 Å². The highest BCUT2D eigenvalue weighted by molar-refractivity contribution is 7.91. The van der Waals surface area contributed by atoms with E-state index in [1.165, 1.54) is 6.07 Å². The molecule has 21 heavy (non-hydrogen) atoms. The number of hydrogen-bond donors (Lipinski definition) is 2. The van der Waals surface area contributed by atoms with E-state index in [1.54, 1.807) is 16.3 Å². The molecule has 1 fully saturated rings. The third kappa shape index (κ3) is 4.26. The Bertz CT molecular complexity index is 557. The standard InChI is InChI=1S/C13H20N2O4S2/c16-10-11-4-1-2-8-15(11)12(17)6-7-14-21(18,19)13-5-3-9-20-13/h3,5,9,11,14,16H,1-2,4,6-8,10H2. The van der Waals surface area contributed by atoms with Crippen LogP contribution in [0, 0.1) is 0 Å². The van der Waals surface area contributed by atoms with Gasteiger partial charge in [-0.1, -0.05) is 6.07 Å². The second-order valence-electron chi connectivity index (χ2n) is 5.00. The zero-order valence-electron chi connectivity index (χ0n) is 11.7. The molecule has 8 heteroatoms. The van der Waals surface area contributed by atoms with Crippen LogP contribution in [0.5, 0.6) is 0 Å². The van der Waals surface area contributed by atoms with Crippen LogP contribution in [-0.2, 0) is 14.8 Å². The SMILES string of the molecule is O=C(CCNS(=O)(=O)c1cccs1)N1CCCCC1CO. The molecule has 0 radical (unpaired) electrons. The van der Waals surface area contributed by atoms with Gasteiger partial charge in [0.05, 0.1) is 12.6 Å². The Labute approximate surface area is 128 Å². The van der Waals surface area contributed by atoms with Gasteiger partial charge in [0.1, 0.15) is 4.21 Å². The Morgan fingerprint density at radius 3 is 2.95 bits per heavy atom. The van der Waals surface area contributed by atoms with Crippen molar-refractivity contribution >= 4 is 27.3 Å². The van der Waals surface area contributed by atoms with Crippen molar-refractivity contribution in [2.45, 2.75) is 35.9 Å². The first kappa shape index (κ1) is 16.4. The van der Waals surface area contributed by atoms with Gasteiger partial charge in [0.2, 0.25) is 15.9 Å². The third-order valence-electron chi connectivity index (χ3n) is 3.55. The summed E-state index contributed by atoms with van der Waals surface area (Å²) in [7, 11) is -3.51. The van der Waals surface area contributed by atoms with Gasteiger partial charge in [-0.05, 0) is 30.7 Å². The Balaban J connectivity index is 1.84. The number of nitrogens with one attached hydrogen (secondary N) is 1. The molecule has 6 nitrogen and oxygen atoms in total. The van der Waals surface area contributed by atoms with E-state index in [9.17, 15) is 18.3 Å². The maximum atomic E-state index is 12.1. The highest BCUT2D eigenvalue weighted by Gasteiger charge is 2.26. The van der Waals surface area contributed by atoms with Gasteiger partial charge in [-0.25, -0.2) is 13.1 Å². The second-order valence-corrected chi connectivity index (χ2v) is 7.94. The molecule has 0 saturated carbocycles. The van der Waals surface area contributed by atoms with Crippen LogP contribution in [0.2, 0.25) is 0 Å². The summed E-state index contributed by atoms with van der Waals surface area (Å²) in [6.45, 7) is 0.683. The van der Waals surface area contributed by atoms with E-state index >= 15 is 0 Å². The number of piperidine rings is 1. The van der Waals surface area contributed by atoms with Crippen molar-refractivity contribution in [3.63, 3.8) is 0 Å². The van der Waals surface area contributed by atoms with Crippen molar-refractivity contribution in [1.29, 1.82) is 0 Å². The highest BCUT2D eigenvalue weighted by atomic mass is 32.2. The first-order valence-corrected chi connectivity index (χ1v) is 9.34. The van der Waals surface area contributed by atoms with E-state index in [4.69, 9.17) is 0 Å². The van der Waals surface area contributed by atoms with Crippen molar-refractivity contribution in [1.82, 2.24) is 9.62 Å². The van der Waals surface area contributed by atoms with Gasteiger partial charge in [-0.3, -0.25) is 4.79 Å². The van der Waals surface area contributed by atoms with Crippen molar-refractivity contribution in [2.24, 2.45) is 0 Å². The highest BCUT2D eigenvalue weighted by Crippen LogP contribution is 2.18. The Morgan fingerprint density at radius 2 is 2.29 bits per heavy atom. The molecule has 2 N–H and O–H groups in total. The number of carbonyl (C=O) groups is 1. The van der Waals surface area contributed by atoms with Gasteiger partial charge in [0.25, 0.3) is 0 Å². The average molecular weight is 332 g/mol. The quantitative estimate of drug-likeness (QED) is 0.806. The Hall–Kier alpha value is -0.960. The number of carbonyl (C=O) groups excluding carboxylic acids is 1. The van der Waals surface area contributed by atoms with E-state index in [0.29, 0.717) is 6.54 Å². The van der Waals surface area contributed by atoms with Crippen LogP contribution >= 0.6 is 11.3 Å². The maximum Gasteiger partial charge on any atom is 0.250 e. The molecule has 0 aromatic carbocycles. The largest absolute Gasteiger partial charge is 0.394 e. The van der Waals surface area contributed by atoms with Crippen LogP contribution in [-0.4, -0.2) is 50.1 Å². The number of sulfonamides is 1. The van der Waals surface area contributed by atoms with Crippen LogP contribution in [0.1, 0.15) is 25.7 Å². The lowest BCUT2D eigenvalue weighted by Gasteiger charge is -2.34. The monoisotopic (exact) mass is 332 g/mol. The number of hydrogen-bond acceptors (Lipinski definition) is 5. The molecule has 1 aliphatic rings. The van der Waals surface area contributed by atoms with Crippen LogP contribution in [0.25, 0.3) is 0 Å². The van der Waals surface area contributed by atoms with Gasteiger partial charge in [-0.2, -0.15) is 0 Å². The lowest BCUT2D eigenvalue weighted by Crippen LogP contribution is -2.46. The van der Waals surface area contributed by atoms with E-state index < -0.39 is 10.0 Å². The topological polar surface area (TPSA) is 86.7 Å². The lowest BCUT2D eigenvalue weighted by atomic mass is 10.0. The number of nitrogens with zero attached hydrogens (tertiary/aromatic N) is 1. The smallest absolute Gasteiger partial charge is 0.250 e. The zero-order valence-corrected chi connectivity index (χ0v) is 13.3. The fourth-order valence-electron chi connectivity index (χ4n) is 2.44. The van der Waals surface area contributed by atoms with Gasteiger partial charge >= 0.3 is 0 Å². The summed E-state index contributed by atoms with van der Waals surface area (Å²) >= 11 is 1.14. The molecule has 1 aromatic heterocycles. The first-order chi connectivity index (χ1) is 10.0. The predicted molar refractivity (Wildman–Crippen MR) is 80.6 cm³/mol. The van der Waals surface area contributed by atoms with E-state index in [-0.39, 0.29) is 35.7 Å². The second kappa shape index (κ2) is 7.35. The number of rotatable bonds is 6. The number of thiophene rings is 1. The van der Waals surface area contributed by atoms with Crippen LogP contribution in [0.4, 0.5) is 0 Å². The summed E-state index contributed by atoms with van der Waals surface area (Å²) in [5.41, 5.74) is 0. The summed E-state index contributed by atoms with van der Waals surface area (Å²) in [5, 5.41) is 11.0. The molecule has 1 aliphatic heterocycles. The van der Waals surface area contributed by atoms with Crippen molar-refractivity contribution in [3.05, 3.63) is 17.5 Å². The molecule has 1 amide bonds. The zero-order chi connectivity index (χ0) is 15.3. The van der Waals surface area contributed by atoms with Crippen molar-refractivity contribution < 1.29 is 18.3 Å². The maximum absolute atomic E-state index is 12.1.